The molecule has 118 valence electrons. The van der Waals surface area contributed by atoms with Crippen LogP contribution in [0.5, 0.6) is 0 Å². The number of rotatable bonds is 6. The Morgan fingerprint density at radius 2 is 2.05 bits per heavy atom. The first-order valence-corrected chi connectivity index (χ1v) is 7.87. The van der Waals surface area contributed by atoms with E-state index in [-0.39, 0.29) is 5.82 Å². The Hall–Kier alpha value is -1.13. The van der Waals surface area contributed by atoms with Gasteiger partial charge in [-0.3, -0.25) is 0 Å². The van der Waals surface area contributed by atoms with Crippen LogP contribution in [0.3, 0.4) is 0 Å². The van der Waals surface area contributed by atoms with Crippen molar-refractivity contribution in [2.24, 2.45) is 5.92 Å². The summed E-state index contributed by atoms with van der Waals surface area (Å²) in [7, 11) is 2.10. The molecule has 1 aliphatic heterocycles. The molecule has 1 aliphatic rings. The third kappa shape index (κ3) is 4.97. The van der Waals surface area contributed by atoms with Crippen molar-refractivity contribution in [1.82, 2.24) is 5.32 Å². The third-order valence-corrected chi connectivity index (χ3v) is 4.03. The molecule has 1 aromatic carbocycles. The van der Waals surface area contributed by atoms with Crippen LogP contribution in [0.15, 0.2) is 18.2 Å². The lowest BCUT2D eigenvalue weighted by Crippen LogP contribution is -2.31. The second kappa shape index (κ2) is 7.76. The van der Waals surface area contributed by atoms with Gasteiger partial charge in [0.1, 0.15) is 5.82 Å². The lowest BCUT2D eigenvalue weighted by Gasteiger charge is -2.30. The molecule has 2 rings (SSSR count). The molecule has 0 spiro atoms. The van der Waals surface area contributed by atoms with E-state index in [2.05, 4.69) is 31.1 Å². The van der Waals surface area contributed by atoms with Crippen molar-refractivity contribution in [1.29, 1.82) is 0 Å². The molecule has 1 saturated heterocycles. The number of hydrogen-bond donors (Lipinski definition) is 1. The van der Waals surface area contributed by atoms with Crippen molar-refractivity contribution in [3.8, 4) is 0 Å². The van der Waals surface area contributed by atoms with Gasteiger partial charge in [0.05, 0.1) is 0 Å². The van der Waals surface area contributed by atoms with Crippen molar-refractivity contribution in [3.05, 3.63) is 29.6 Å². The molecule has 1 heterocycles. The molecular weight excluding hydrogens is 267 g/mol. The van der Waals surface area contributed by atoms with E-state index >= 15 is 0 Å². The molecule has 0 bridgehead atoms. The predicted molar refractivity (Wildman–Crippen MR) is 85.2 cm³/mol. The summed E-state index contributed by atoms with van der Waals surface area (Å²) in [6.07, 6.45) is 2.23. The maximum Gasteiger partial charge on any atom is 0.123 e. The standard InChI is InChI=1S/C17H27FN2O/c1-13(2)19-11-15-10-16(18)4-5-17(15)20(3)12-14-6-8-21-9-7-14/h4-5,10,13-14,19H,6-9,11-12H2,1-3H3. The monoisotopic (exact) mass is 294 g/mol. The Balaban J connectivity index is 2.05. The van der Waals surface area contributed by atoms with Gasteiger partial charge in [0.15, 0.2) is 0 Å². The van der Waals surface area contributed by atoms with E-state index in [0.717, 1.165) is 43.9 Å². The number of halogens is 1. The minimum atomic E-state index is -0.168. The van der Waals surface area contributed by atoms with Crippen LogP contribution in [-0.4, -0.2) is 32.8 Å². The molecule has 0 aromatic heterocycles. The highest BCUT2D eigenvalue weighted by atomic mass is 19.1. The summed E-state index contributed by atoms with van der Waals surface area (Å²) < 4.78 is 18.9. The summed E-state index contributed by atoms with van der Waals surface area (Å²) in [5.74, 6) is 0.499. The Morgan fingerprint density at radius 1 is 1.33 bits per heavy atom. The SMILES string of the molecule is CC(C)NCc1cc(F)ccc1N(C)CC1CCOCC1. The van der Waals surface area contributed by atoms with Crippen LogP contribution in [-0.2, 0) is 11.3 Å². The molecule has 1 fully saturated rings. The quantitative estimate of drug-likeness (QED) is 0.872. The zero-order chi connectivity index (χ0) is 15.2. The highest BCUT2D eigenvalue weighted by Crippen LogP contribution is 2.24. The maximum absolute atomic E-state index is 13.5. The molecule has 0 saturated carbocycles. The van der Waals surface area contributed by atoms with Crippen LogP contribution in [0, 0.1) is 11.7 Å². The smallest absolute Gasteiger partial charge is 0.123 e. The highest BCUT2D eigenvalue weighted by Gasteiger charge is 2.17. The molecule has 1 N–H and O–H groups in total. The molecule has 0 atom stereocenters. The number of nitrogens with zero attached hydrogens (tertiary/aromatic N) is 1. The van der Waals surface area contributed by atoms with Gasteiger partial charge in [-0.15, -0.1) is 0 Å². The van der Waals surface area contributed by atoms with Gasteiger partial charge in [0.2, 0.25) is 0 Å². The average molecular weight is 294 g/mol. The fourth-order valence-corrected chi connectivity index (χ4v) is 2.80. The second-order valence-corrected chi connectivity index (χ2v) is 6.24. The molecule has 0 unspecified atom stereocenters. The number of nitrogens with one attached hydrogen (secondary N) is 1. The van der Waals surface area contributed by atoms with Crippen molar-refractivity contribution < 1.29 is 9.13 Å². The van der Waals surface area contributed by atoms with Gasteiger partial charge in [-0.1, -0.05) is 13.8 Å². The number of benzene rings is 1. The predicted octanol–water partition coefficient (Wildman–Crippen LogP) is 3.19. The molecule has 0 aliphatic carbocycles. The van der Waals surface area contributed by atoms with Crippen LogP contribution in [0.2, 0.25) is 0 Å². The first kappa shape index (κ1) is 16.2. The molecule has 1 aromatic rings. The van der Waals surface area contributed by atoms with Crippen LogP contribution >= 0.6 is 0 Å². The molecule has 0 amide bonds. The van der Waals surface area contributed by atoms with Gasteiger partial charge in [-0.25, -0.2) is 4.39 Å². The minimum absolute atomic E-state index is 0.168. The average Bonchev–Trinajstić information content (AvgIpc) is 2.46. The van der Waals surface area contributed by atoms with E-state index in [4.69, 9.17) is 4.74 Å². The largest absolute Gasteiger partial charge is 0.381 e. The van der Waals surface area contributed by atoms with Crippen molar-refractivity contribution in [2.45, 2.75) is 39.3 Å². The normalized spacial score (nSPS) is 16.4. The van der Waals surface area contributed by atoms with Crippen molar-refractivity contribution in [3.63, 3.8) is 0 Å². The zero-order valence-corrected chi connectivity index (χ0v) is 13.4. The number of ether oxygens (including phenoxy) is 1. The molecular formula is C17H27FN2O. The first-order valence-electron chi connectivity index (χ1n) is 7.87. The van der Waals surface area contributed by atoms with Crippen LogP contribution < -0.4 is 10.2 Å². The van der Waals surface area contributed by atoms with E-state index in [1.54, 1.807) is 12.1 Å². The summed E-state index contributed by atoms with van der Waals surface area (Å²) in [5, 5.41) is 3.37. The fourth-order valence-electron chi connectivity index (χ4n) is 2.80. The summed E-state index contributed by atoms with van der Waals surface area (Å²) in [5.41, 5.74) is 2.15. The topological polar surface area (TPSA) is 24.5 Å². The van der Waals surface area contributed by atoms with Crippen LogP contribution in [0.1, 0.15) is 32.3 Å². The van der Waals surface area contributed by atoms with E-state index in [9.17, 15) is 4.39 Å². The van der Waals surface area contributed by atoms with Gasteiger partial charge >= 0.3 is 0 Å². The Morgan fingerprint density at radius 3 is 2.71 bits per heavy atom. The first-order chi connectivity index (χ1) is 10.1. The lowest BCUT2D eigenvalue weighted by atomic mass is 9.99. The van der Waals surface area contributed by atoms with E-state index < -0.39 is 0 Å². The molecule has 4 heteroatoms. The van der Waals surface area contributed by atoms with Crippen molar-refractivity contribution in [2.75, 3.05) is 31.7 Å². The minimum Gasteiger partial charge on any atom is -0.381 e. The lowest BCUT2D eigenvalue weighted by molar-refractivity contribution is 0.0685. The van der Waals surface area contributed by atoms with E-state index in [1.807, 2.05) is 6.07 Å². The Kier molecular flexibility index (Phi) is 6.00. The van der Waals surface area contributed by atoms with Crippen LogP contribution in [0.4, 0.5) is 10.1 Å². The molecule has 0 radical (unpaired) electrons. The van der Waals surface area contributed by atoms with Gasteiger partial charge in [0.25, 0.3) is 0 Å². The molecule has 21 heavy (non-hydrogen) atoms. The van der Waals surface area contributed by atoms with E-state index in [1.165, 1.54) is 0 Å². The summed E-state index contributed by atoms with van der Waals surface area (Å²) in [6.45, 7) is 7.63. The van der Waals surface area contributed by atoms with Crippen LogP contribution in [0.25, 0.3) is 0 Å². The van der Waals surface area contributed by atoms with Crippen molar-refractivity contribution >= 4 is 5.69 Å². The van der Waals surface area contributed by atoms with Gasteiger partial charge in [-0.2, -0.15) is 0 Å². The summed E-state index contributed by atoms with van der Waals surface area (Å²) in [6, 6.07) is 5.48. The highest BCUT2D eigenvalue weighted by molar-refractivity contribution is 5.53. The molecule has 3 nitrogen and oxygen atoms in total. The van der Waals surface area contributed by atoms with Gasteiger partial charge < -0.3 is 15.0 Å². The maximum atomic E-state index is 13.5. The summed E-state index contributed by atoms with van der Waals surface area (Å²) >= 11 is 0. The number of hydrogen-bond acceptors (Lipinski definition) is 3. The van der Waals surface area contributed by atoms with Gasteiger partial charge in [0, 0.05) is 45.1 Å². The van der Waals surface area contributed by atoms with E-state index in [0.29, 0.717) is 18.5 Å². The third-order valence-electron chi connectivity index (χ3n) is 4.03. The number of anilines is 1. The fraction of sp³-hybridized carbons (Fsp3) is 0.647. The summed E-state index contributed by atoms with van der Waals surface area (Å²) in [4.78, 5) is 2.26. The second-order valence-electron chi connectivity index (χ2n) is 6.24. The Bertz CT molecular complexity index is 444. The Labute approximate surface area is 127 Å². The van der Waals surface area contributed by atoms with Gasteiger partial charge in [-0.05, 0) is 42.5 Å². The zero-order valence-electron chi connectivity index (χ0n) is 13.4.